The molecule has 2 fully saturated rings. The lowest BCUT2D eigenvalue weighted by Gasteiger charge is -2.32. The summed E-state index contributed by atoms with van der Waals surface area (Å²) in [6.07, 6.45) is 5.20. The number of aryl methyl sites for hydroxylation is 1. The molecule has 1 atom stereocenters. The van der Waals surface area contributed by atoms with E-state index in [9.17, 15) is 4.79 Å². The van der Waals surface area contributed by atoms with E-state index >= 15 is 0 Å². The molecule has 23 heavy (non-hydrogen) atoms. The predicted molar refractivity (Wildman–Crippen MR) is 85.8 cm³/mol. The van der Waals surface area contributed by atoms with Gasteiger partial charge in [0.1, 0.15) is 0 Å². The Kier molecular flexibility index (Phi) is 5.61. The van der Waals surface area contributed by atoms with Crippen LogP contribution < -0.4 is 5.32 Å². The summed E-state index contributed by atoms with van der Waals surface area (Å²) in [7, 11) is 0. The highest BCUT2D eigenvalue weighted by atomic mass is 16.5. The Morgan fingerprint density at radius 1 is 1.35 bits per heavy atom. The van der Waals surface area contributed by atoms with Crippen molar-refractivity contribution in [1.82, 2.24) is 25.3 Å². The van der Waals surface area contributed by atoms with Gasteiger partial charge in [-0.15, -0.1) is 0 Å². The van der Waals surface area contributed by atoms with Gasteiger partial charge in [0.25, 0.3) is 0 Å². The number of aromatic nitrogens is 2. The summed E-state index contributed by atoms with van der Waals surface area (Å²) in [6, 6.07) is 0.519. The minimum atomic E-state index is 0.323. The van der Waals surface area contributed by atoms with Crippen molar-refractivity contribution in [3.05, 3.63) is 11.7 Å². The Morgan fingerprint density at radius 3 is 3.00 bits per heavy atom. The van der Waals surface area contributed by atoms with E-state index in [1.165, 1.54) is 12.8 Å². The summed E-state index contributed by atoms with van der Waals surface area (Å²) in [5.74, 6) is 1.73. The maximum atomic E-state index is 11.6. The average Bonchev–Trinajstić information content (AvgIpc) is 3.13. The second kappa shape index (κ2) is 7.88. The van der Waals surface area contributed by atoms with Gasteiger partial charge in [0, 0.05) is 39.0 Å². The Morgan fingerprint density at radius 2 is 2.26 bits per heavy atom. The zero-order valence-electron chi connectivity index (χ0n) is 14.0. The molecule has 1 amide bonds. The predicted octanol–water partition coefficient (Wildman–Crippen LogP) is 0.945. The van der Waals surface area contributed by atoms with Gasteiger partial charge < -0.3 is 14.7 Å². The minimum absolute atomic E-state index is 0.323. The van der Waals surface area contributed by atoms with Crippen LogP contribution in [0.3, 0.4) is 0 Å². The van der Waals surface area contributed by atoms with Gasteiger partial charge >= 0.3 is 0 Å². The van der Waals surface area contributed by atoms with Crippen LogP contribution in [0.5, 0.6) is 0 Å². The van der Waals surface area contributed by atoms with Crippen LogP contribution in [-0.2, 0) is 11.3 Å². The summed E-state index contributed by atoms with van der Waals surface area (Å²) in [4.78, 5) is 20.2. The third-order valence-corrected chi connectivity index (χ3v) is 4.65. The Labute approximate surface area is 137 Å². The smallest absolute Gasteiger partial charge is 0.223 e. The van der Waals surface area contributed by atoms with Gasteiger partial charge in [0.05, 0.1) is 6.54 Å². The molecule has 1 unspecified atom stereocenters. The number of hydrogen-bond donors (Lipinski definition) is 1. The zero-order chi connectivity index (χ0) is 16.1. The molecule has 2 aliphatic heterocycles. The number of carbonyl (C=O) groups excluding carboxylic acids is 1. The monoisotopic (exact) mass is 321 g/mol. The van der Waals surface area contributed by atoms with E-state index in [0.29, 0.717) is 17.8 Å². The minimum Gasteiger partial charge on any atom is -0.343 e. The third-order valence-electron chi connectivity index (χ3n) is 4.65. The van der Waals surface area contributed by atoms with Crippen LogP contribution in [0.2, 0.25) is 0 Å². The highest BCUT2D eigenvalue weighted by Gasteiger charge is 2.22. The molecule has 0 bridgehead atoms. The number of nitrogens with zero attached hydrogens (tertiary/aromatic N) is 4. The van der Waals surface area contributed by atoms with Gasteiger partial charge in [-0.25, -0.2) is 0 Å². The first-order valence-corrected chi connectivity index (χ1v) is 8.73. The van der Waals surface area contributed by atoms with E-state index < -0.39 is 0 Å². The summed E-state index contributed by atoms with van der Waals surface area (Å²) < 4.78 is 5.03. The fourth-order valence-corrected chi connectivity index (χ4v) is 3.49. The highest BCUT2D eigenvalue weighted by Crippen LogP contribution is 2.13. The topological polar surface area (TPSA) is 74.5 Å². The molecule has 1 aromatic heterocycles. The standard InChI is InChI=1S/C16H27N5O2/c1-13-18-15(19-23-13)12-20-8-2-5-14(11-20)17-7-4-10-21-9-3-6-16(21)22/h14,17H,2-12H2,1H3. The van der Waals surface area contributed by atoms with Crippen molar-refractivity contribution < 1.29 is 9.32 Å². The van der Waals surface area contributed by atoms with Gasteiger partial charge in [0.15, 0.2) is 5.82 Å². The van der Waals surface area contributed by atoms with Gasteiger partial charge in [-0.1, -0.05) is 5.16 Å². The van der Waals surface area contributed by atoms with E-state index in [0.717, 1.165) is 64.4 Å². The Bertz CT molecular complexity index is 518. The SMILES string of the molecule is Cc1nc(CN2CCCC(NCCCN3CCCC3=O)C2)no1. The first kappa shape index (κ1) is 16.4. The zero-order valence-corrected chi connectivity index (χ0v) is 14.0. The number of piperidine rings is 1. The van der Waals surface area contributed by atoms with Crippen molar-refractivity contribution in [1.29, 1.82) is 0 Å². The normalized spacial score (nSPS) is 22.9. The molecule has 2 saturated heterocycles. The van der Waals surface area contributed by atoms with E-state index in [4.69, 9.17) is 4.52 Å². The van der Waals surface area contributed by atoms with Crippen molar-refractivity contribution in [2.45, 2.75) is 51.6 Å². The number of rotatable bonds is 7. The molecule has 3 heterocycles. The van der Waals surface area contributed by atoms with Crippen molar-refractivity contribution in [2.75, 3.05) is 32.7 Å². The van der Waals surface area contributed by atoms with Crippen molar-refractivity contribution in [3.8, 4) is 0 Å². The first-order chi connectivity index (χ1) is 11.2. The largest absolute Gasteiger partial charge is 0.343 e. The summed E-state index contributed by atoms with van der Waals surface area (Å²) >= 11 is 0. The van der Waals surface area contributed by atoms with Crippen molar-refractivity contribution in [2.24, 2.45) is 0 Å². The number of amides is 1. The maximum absolute atomic E-state index is 11.6. The van der Waals surface area contributed by atoms with E-state index in [1.54, 1.807) is 0 Å². The third kappa shape index (κ3) is 4.75. The van der Waals surface area contributed by atoms with Gasteiger partial charge in [-0.3, -0.25) is 9.69 Å². The molecule has 0 radical (unpaired) electrons. The molecule has 0 aromatic carbocycles. The molecule has 0 saturated carbocycles. The van der Waals surface area contributed by atoms with Gasteiger partial charge in [0.2, 0.25) is 11.8 Å². The molecule has 0 aliphatic carbocycles. The molecule has 7 heteroatoms. The van der Waals surface area contributed by atoms with Gasteiger partial charge in [-0.05, 0) is 38.8 Å². The molecular formula is C16H27N5O2. The van der Waals surface area contributed by atoms with E-state index in [2.05, 4.69) is 20.4 Å². The first-order valence-electron chi connectivity index (χ1n) is 8.73. The van der Waals surface area contributed by atoms with Crippen LogP contribution in [0.4, 0.5) is 0 Å². The number of likely N-dealkylation sites (tertiary alicyclic amines) is 2. The van der Waals surface area contributed by atoms with Crippen LogP contribution in [0.1, 0.15) is 43.8 Å². The van der Waals surface area contributed by atoms with E-state index in [-0.39, 0.29) is 0 Å². The highest BCUT2D eigenvalue weighted by molar-refractivity contribution is 5.77. The van der Waals surface area contributed by atoms with E-state index in [1.807, 2.05) is 11.8 Å². The second-order valence-corrected chi connectivity index (χ2v) is 6.60. The van der Waals surface area contributed by atoms with Crippen molar-refractivity contribution in [3.63, 3.8) is 0 Å². The quantitative estimate of drug-likeness (QED) is 0.754. The molecule has 7 nitrogen and oxygen atoms in total. The summed E-state index contributed by atoms with van der Waals surface area (Å²) in [5, 5.41) is 7.61. The van der Waals surface area contributed by atoms with Gasteiger partial charge in [-0.2, -0.15) is 4.98 Å². The molecule has 2 aliphatic rings. The van der Waals surface area contributed by atoms with Crippen LogP contribution in [-0.4, -0.2) is 64.6 Å². The average molecular weight is 321 g/mol. The Balaban J connectivity index is 1.34. The Hall–Kier alpha value is -1.47. The summed E-state index contributed by atoms with van der Waals surface area (Å²) in [6.45, 7) is 7.51. The molecule has 0 spiro atoms. The fraction of sp³-hybridized carbons (Fsp3) is 0.812. The molecular weight excluding hydrogens is 294 g/mol. The number of nitrogens with one attached hydrogen (secondary N) is 1. The number of carbonyl (C=O) groups is 1. The molecule has 128 valence electrons. The molecule has 3 rings (SSSR count). The molecule has 1 aromatic rings. The molecule has 1 N–H and O–H groups in total. The van der Waals surface area contributed by atoms with Crippen molar-refractivity contribution >= 4 is 5.91 Å². The second-order valence-electron chi connectivity index (χ2n) is 6.60. The van der Waals surface area contributed by atoms with Crippen LogP contribution in [0, 0.1) is 6.92 Å². The summed E-state index contributed by atoms with van der Waals surface area (Å²) in [5.41, 5.74) is 0. The van der Waals surface area contributed by atoms with Crippen LogP contribution in [0.15, 0.2) is 4.52 Å². The number of hydrogen-bond acceptors (Lipinski definition) is 6. The fourth-order valence-electron chi connectivity index (χ4n) is 3.49. The van der Waals surface area contributed by atoms with Crippen LogP contribution >= 0.6 is 0 Å². The lowest BCUT2D eigenvalue weighted by molar-refractivity contribution is -0.127. The maximum Gasteiger partial charge on any atom is 0.223 e. The lowest BCUT2D eigenvalue weighted by Crippen LogP contribution is -2.46. The van der Waals surface area contributed by atoms with Crippen LogP contribution in [0.25, 0.3) is 0 Å². The lowest BCUT2D eigenvalue weighted by atomic mass is 10.1.